The van der Waals surface area contributed by atoms with Gasteiger partial charge in [0.25, 0.3) is 0 Å². The van der Waals surface area contributed by atoms with Crippen molar-refractivity contribution in [3.8, 4) is 0 Å². The van der Waals surface area contributed by atoms with Crippen LogP contribution in [0, 0.1) is 20.2 Å². The zero-order valence-corrected chi connectivity index (χ0v) is 7.93. The number of carboxylic acids is 1. The molecule has 0 saturated carbocycles. The molecule has 0 aliphatic carbocycles. The minimum Gasteiger partial charge on any atom is -0.478 e. The Kier molecular flexibility index (Phi) is 2.83. The Hall–Kier alpha value is -2.52. The van der Waals surface area contributed by atoms with Gasteiger partial charge in [0.05, 0.1) is 0 Å². The van der Waals surface area contributed by atoms with E-state index in [1.807, 2.05) is 0 Å². The molecule has 0 radical (unpaired) electrons. The van der Waals surface area contributed by atoms with E-state index in [1.54, 1.807) is 0 Å². The zero-order valence-electron chi connectivity index (χ0n) is 7.93. The Morgan fingerprint density at radius 2 is 2.06 bits per heavy atom. The summed E-state index contributed by atoms with van der Waals surface area (Å²) in [5, 5.41) is 32.7. The first-order chi connectivity index (χ1) is 7.34. The fourth-order valence-electron chi connectivity index (χ4n) is 0.987. The molecular weight excluding hydrogens is 224 g/mol. The van der Waals surface area contributed by atoms with Gasteiger partial charge >= 0.3 is 17.6 Å². The van der Waals surface area contributed by atoms with E-state index in [4.69, 9.17) is 5.11 Å². The molecule has 0 aliphatic heterocycles. The van der Waals surface area contributed by atoms with Crippen LogP contribution in [0.15, 0.2) is 6.07 Å². The van der Waals surface area contributed by atoms with Gasteiger partial charge in [0.15, 0.2) is 0 Å². The molecule has 1 aromatic rings. The highest BCUT2D eigenvalue weighted by atomic mass is 16.6. The third kappa shape index (κ3) is 1.94. The number of hydrogen-bond donors (Lipinski definition) is 1. The van der Waals surface area contributed by atoms with Crippen molar-refractivity contribution in [2.45, 2.75) is 13.0 Å². The van der Waals surface area contributed by atoms with Gasteiger partial charge in [-0.25, -0.2) is 4.79 Å². The summed E-state index contributed by atoms with van der Waals surface area (Å²) in [7, 11) is 0. The lowest BCUT2D eigenvalue weighted by Gasteiger charge is -1.98. The lowest BCUT2D eigenvalue weighted by molar-refractivity contribution is -0.395. The number of hydrogen-bond acceptors (Lipinski definition) is 6. The Morgan fingerprint density at radius 3 is 2.44 bits per heavy atom. The highest BCUT2D eigenvalue weighted by Crippen LogP contribution is 2.22. The van der Waals surface area contributed by atoms with Crippen molar-refractivity contribution in [3.05, 3.63) is 26.3 Å². The van der Waals surface area contributed by atoms with E-state index < -0.39 is 33.5 Å². The van der Waals surface area contributed by atoms with Crippen molar-refractivity contribution in [1.29, 1.82) is 0 Å². The average Bonchev–Trinajstić information content (AvgIpc) is 2.60. The number of carbonyl (C=O) groups is 1. The summed E-state index contributed by atoms with van der Waals surface area (Å²) in [5.74, 6) is -2.87. The lowest BCUT2D eigenvalue weighted by Crippen LogP contribution is -2.18. The molecule has 1 heterocycles. The van der Waals surface area contributed by atoms with E-state index in [2.05, 4.69) is 5.10 Å². The fourth-order valence-corrected chi connectivity index (χ4v) is 0.987. The zero-order chi connectivity index (χ0) is 12.5. The van der Waals surface area contributed by atoms with Gasteiger partial charge in [-0.3, -0.25) is 0 Å². The standard InChI is InChI=1S/C6H6N4O6/c1-3(6(11)12)8-5(10(15)16)2-4(7-8)9(13)14/h2-3H,1H3,(H,11,12). The molecular formula is C6H6N4O6. The maximum atomic E-state index is 10.6. The summed E-state index contributed by atoms with van der Waals surface area (Å²) in [6.45, 7) is 1.13. The average molecular weight is 230 g/mol. The second-order valence-corrected chi connectivity index (χ2v) is 2.83. The second-order valence-electron chi connectivity index (χ2n) is 2.83. The Bertz CT molecular complexity index is 466. The minimum absolute atomic E-state index is 0.487. The molecule has 10 nitrogen and oxygen atoms in total. The molecule has 0 spiro atoms. The predicted octanol–water partition coefficient (Wildman–Crippen LogP) is 0.345. The summed E-state index contributed by atoms with van der Waals surface area (Å²) < 4.78 is 0.487. The van der Waals surface area contributed by atoms with Gasteiger partial charge in [-0.1, -0.05) is 0 Å². The molecule has 1 unspecified atom stereocenters. The van der Waals surface area contributed by atoms with Crippen molar-refractivity contribution in [2.75, 3.05) is 0 Å². The molecule has 0 fully saturated rings. The summed E-state index contributed by atoms with van der Waals surface area (Å²) in [6.07, 6.45) is 0. The number of rotatable bonds is 4. The highest BCUT2D eigenvalue weighted by molar-refractivity contribution is 5.71. The van der Waals surface area contributed by atoms with Crippen LogP contribution in [0.1, 0.15) is 13.0 Å². The molecule has 0 amide bonds. The van der Waals surface area contributed by atoms with Crippen molar-refractivity contribution in [3.63, 3.8) is 0 Å². The highest BCUT2D eigenvalue weighted by Gasteiger charge is 2.34. The smallest absolute Gasteiger partial charge is 0.420 e. The van der Waals surface area contributed by atoms with E-state index in [0.717, 1.165) is 6.92 Å². The van der Waals surface area contributed by atoms with Crippen molar-refractivity contribution in [2.24, 2.45) is 0 Å². The van der Waals surface area contributed by atoms with E-state index in [-0.39, 0.29) is 0 Å². The number of carboxylic acid groups (broad SMARTS) is 1. The van der Waals surface area contributed by atoms with Gasteiger partial charge in [-0.15, -0.1) is 0 Å². The van der Waals surface area contributed by atoms with E-state index in [0.29, 0.717) is 10.7 Å². The maximum absolute atomic E-state index is 10.6. The first kappa shape index (κ1) is 11.6. The van der Waals surface area contributed by atoms with Crippen molar-refractivity contribution < 1.29 is 19.7 Å². The molecule has 0 aliphatic rings. The third-order valence-electron chi connectivity index (χ3n) is 1.80. The van der Waals surface area contributed by atoms with Crippen LogP contribution in [-0.2, 0) is 4.79 Å². The summed E-state index contributed by atoms with van der Waals surface area (Å²) >= 11 is 0. The fraction of sp³-hybridized carbons (Fsp3) is 0.333. The molecule has 1 aromatic heterocycles. The quantitative estimate of drug-likeness (QED) is 0.580. The van der Waals surface area contributed by atoms with Crippen LogP contribution in [0.5, 0.6) is 0 Å². The molecule has 0 saturated heterocycles. The molecule has 1 atom stereocenters. The Labute approximate surface area is 87.4 Å². The first-order valence-electron chi connectivity index (χ1n) is 3.95. The molecule has 0 bridgehead atoms. The van der Waals surface area contributed by atoms with Crippen molar-refractivity contribution in [1.82, 2.24) is 9.78 Å². The predicted molar refractivity (Wildman–Crippen MR) is 47.9 cm³/mol. The monoisotopic (exact) mass is 230 g/mol. The van der Waals surface area contributed by atoms with Gasteiger partial charge in [0.1, 0.15) is 11.2 Å². The number of nitro groups is 2. The summed E-state index contributed by atoms with van der Waals surface area (Å²) in [5.41, 5.74) is 0. The molecule has 86 valence electrons. The Morgan fingerprint density at radius 1 is 1.50 bits per heavy atom. The lowest BCUT2D eigenvalue weighted by atomic mass is 10.3. The van der Waals surface area contributed by atoms with E-state index >= 15 is 0 Å². The van der Waals surface area contributed by atoms with E-state index in [9.17, 15) is 25.0 Å². The molecule has 16 heavy (non-hydrogen) atoms. The maximum Gasteiger partial charge on any atom is 0.420 e. The Balaban J connectivity index is 3.30. The summed E-state index contributed by atoms with van der Waals surface area (Å²) in [6, 6.07) is -0.742. The topological polar surface area (TPSA) is 141 Å². The molecule has 10 heteroatoms. The second kappa shape index (κ2) is 3.92. The van der Waals surface area contributed by atoms with Gasteiger partial charge < -0.3 is 25.3 Å². The first-order valence-corrected chi connectivity index (χ1v) is 3.95. The molecule has 0 aromatic carbocycles. The normalized spacial score (nSPS) is 12.1. The van der Waals surface area contributed by atoms with Gasteiger partial charge in [0.2, 0.25) is 6.04 Å². The minimum atomic E-state index is -1.37. The van der Waals surface area contributed by atoms with Crippen LogP contribution in [-0.4, -0.2) is 30.7 Å². The largest absolute Gasteiger partial charge is 0.478 e. The number of aromatic nitrogens is 2. The third-order valence-corrected chi connectivity index (χ3v) is 1.80. The van der Waals surface area contributed by atoms with Gasteiger partial charge in [0, 0.05) is 0 Å². The van der Waals surface area contributed by atoms with Crippen LogP contribution in [0.25, 0.3) is 0 Å². The van der Waals surface area contributed by atoms with Gasteiger partial charge in [-0.05, 0) is 21.5 Å². The van der Waals surface area contributed by atoms with Crippen LogP contribution in [0.4, 0.5) is 11.6 Å². The molecule has 1 rings (SSSR count). The van der Waals surface area contributed by atoms with Crippen molar-refractivity contribution >= 4 is 17.6 Å². The number of aliphatic carboxylic acids is 1. The molecule has 1 N–H and O–H groups in total. The van der Waals surface area contributed by atoms with Crippen LogP contribution < -0.4 is 0 Å². The van der Waals surface area contributed by atoms with Crippen LogP contribution in [0.3, 0.4) is 0 Å². The number of nitrogens with zero attached hydrogens (tertiary/aromatic N) is 4. The van der Waals surface area contributed by atoms with Crippen LogP contribution in [0.2, 0.25) is 0 Å². The SMILES string of the molecule is CC(C(=O)O)n1nc([N+](=O)[O-])cc1[N+](=O)[O-]. The van der Waals surface area contributed by atoms with Crippen LogP contribution >= 0.6 is 0 Å². The van der Waals surface area contributed by atoms with E-state index in [1.165, 1.54) is 0 Å². The van der Waals surface area contributed by atoms with Gasteiger partial charge in [-0.2, -0.15) is 0 Å². The summed E-state index contributed by atoms with van der Waals surface area (Å²) in [4.78, 5) is 29.6.